The molecule has 1 heterocycles. The molecule has 4 nitrogen and oxygen atoms in total. The second-order valence-corrected chi connectivity index (χ2v) is 6.29. The number of nitrogens with one attached hydrogen (secondary N) is 1. The Morgan fingerprint density at radius 1 is 1.40 bits per heavy atom. The first kappa shape index (κ1) is 17.4. The van der Waals surface area contributed by atoms with Gasteiger partial charge in [-0.05, 0) is 65.1 Å². The van der Waals surface area contributed by atoms with E-state index in [4.69, 9.17) is 4.74 Å². The molecule has 1 unspecified atom stereocenters. The highest BCUT2D eigenvalue weighted by Crippen LogP contribution is 2.16. The van der Waals surface area contributed by atoms with Gasteiger partial charge in [-0.15, -0.1) is 0 Å². The van der Waals surface area contributed by atoms with Crippen LogP contribution in [0.5, 0.6) is 0 Å². The predicted molar refractivity (Wildman–Crippen MR) is 82.6 cm³/mol. The third-order valence-electron chi connectivity index (χ3n) is 4.14. The fourth-order valence-corrected chi connectivity index (χ4v) is 2.75. The van der Waals surface area contributed by atoms with Gasteiger partial charge < -0.3 is 9.64 Å². The van der Waals surface area contributed by atoms with Gasteiger partial charge in [0.15, 0.2) is 0 Å². The molecule has 1 fully saturated rings. The zero-order valence-corrected chi connectivity index (χ0v) is 13.5. The van der Waals surface area contributed by atoms with Crippen LogP contribution >= 0.6 is 0 Å². The van der Waals surface area contributed by atoms with Crippen LogP contribution in [0.2, 0.25) is 0 Å². The molecule has 0 bridgehead atoms. The van der Waals surface area contributed by atoms with Crippen molar-refractivity contribution in [2.24, 2.45) is 5.92 Å². The minimum Gasteiger partial charge on any atom is -0.381 e. The molecule has 1 atom stereocenters. The maximum absolute atomic E-state index is 9.30. The topological polar surface area (TPSA) is 48.3 Å². The Bertz CT molecular complexity index is 297. The maximum Gasteiger partial charge on any atom is 0.103 e. The van der Waals surface area contributed by atoms with Crippen LogP contribution in [-0.2, 0) is 4.74 Å². The number of hydrogen-bond donors (Lipinski definition) is 1. The number of ether oxygens (including phenoxy) is 1. The summed E-state index contributed by atoms with van der Waals surface area (Å²) in [7, 11) is 2.19. The zero-order chi connectivity index (χ0) is 14.8. The smallest absolute Gasteiger partial charge is 0.103 e. The summed E-state index contributed by atoms with van der Waals surface area (Å²) >= 11 is 0. The summed E-state index contributed by atoms with van der Waals surface area (Å²) in [5.41, 5.74) is -0.366. The number of nitriles is 1. The Morgan fingerprint density at radius 3 is 2.70 bits per heavy atom. The van der Waals surface area contributed by atoms with Crippen molar-refractivity contribution in [3.63, 3.8) is 0 Å². The lowest BCUT2D eigenvalue weighted by atomic mass is 9.96. The minimum absolute atomic E-state index is 0.366. The van der Waals surface area contributed by atoms with Crippen molar-refractivity contribution in [2.45, 2.75) is 51.5 Å². The molecule has 0 spiro atoms. The fraction of sp³-hybridized carbons (Fsp3) is 0.938. The average Bonchev–Trinajstić information content (AvgIpc) is 2.46. The molecule has 0 aliphatic carbocycles. The Morgan fingerprint density at radius 2 is 2.10 bits per heavy atom. The van der Waals surface area contributed by atoms with Crippen LogP contribution in [0.4, 0.5) is 0 Å². The molecule has 4 heteroatoms. The number of hydrogen-bond acceptors (Lipinski definition) is 4. The van der Waals surface area contributed by atoms with Gasteiger partial charge in [0.1, 0.15) is 5.54 Å². The highest BCUT2D eigenvalue weighted by molar-refractivity contribution is 5.03. The van der Waals surface area contributed by atoms with Crippen molar-refractivity contribution in [2.75, 3.05) is 39.9 Å². The van der Waals surface area contributed by atoms with Crippen LogP contribution in [0.3, 0.4) is 0 Å². The lowest BCUT2D eigenvalue weighted by Crippen LogP contribution is -2.42. The Kier molecular flexibility index (Phi) is 8.13. The molecule has 0 aromatic rings. The highest BCUT2D eigenvalue weighted by Gasteiger charge is 2.22. The van der Waals surface area contributed by atoms with Gasteiger partial charge in [-0.2, -0.15) is 5.26 Å². The zero-order valence-electron chi connectivity index (χ0n) is 13.5. The number of rotatable bonds is 9. The van der Waals surface area contributed by atoms with Gasteiger partial charge in [0.25, 0.3) is 0 Å². The van der Waals surface area contributed by atoms with Gasteiger partial charge in [0.2, 0.25) is 0 Å². The van der Waals surface area contributed by atoms with E-state index >= 15 is 0 Å². The highest BCUT2D eigenvalue weighted by atomic mass is 16.5. The molecule has 1 saturated heterocycles. The maximum atomic E-state index is 9.30. The van der Waals surface area contributed by atoms with Gasteiger partial charge in [-0.3, -0.25) is 5.32 Å². The molecular weight excluding hydrogens is 250 g/mol. The summed E-state index contributed by atoms with van der Waals surface area (Å²) in [6, 6.07) is 2.42. The van der Waals surface area contributed by atoms with E-state index in [2.05, 4.69) is 30.3 Å². The second-order valence-electron chi connectivity index (χ2n) is 6.29. The molecule has 1 rings (SSSR count). The Hall–Kier alpha value is -0.630. The monoisotopic (exact) mass is 281 g/mol. The quantitative estimate of drug-likeness (QED) is 0.705. The lowest BCUT2D eigenvalue weighted by Gasteiger charge is -2.28. The molecular formula is C16H31N3O. The molecule has 0 aromatic carbocycles. The first-order valence-corrected chi connectivity index (χ1v) is 8.02. The van der Waals surface area contributed by atoms with Crippen LogP contribution in [0, 0.1) is 17.2 Å². The summed E-state index contributed by atoms with van der Waals surface area (Å²) in [5.74, 6) is 0.786. The summed E-state index contributed by atoms with van der Waals surface area (Å²) < 4.78 is 5.40. The van der Waals surface area contributed by atoms with Gasteiger partial charge in [-0.1, -0.05) is 6.92 Å². The molecule has 1 aliphatic heterocycles. The van der Waals surface area contributed by atoms with Crippen molar-refractivity contribution in [3.05, 3.63) is 0 Å². The van der Waals surface area contributed by atoms with Crippen molar-refractivity contribution in [1.82, 2.24) is 10.2 Å². The largest absolute Gasteiger partial charge is 0.381 e. The summed E-state index contributed by atoms with van der Waals surface area (Å²) in [6.07, 6.45) is 5.44. The van der Waals surface area contributed by atoms with Crippen LogP contribution in [0.25, 0.3) is 0 Å². The van der Waals surface area contributed by atoms with Gasteiger partial charge in [-0.25, -0.2) is 0 Å². The summed E-state index contributed by atoms with van der Waals surface area (Å²) in [4.78, 5) is 2.41. The van der Waals surface area contributed by atoms with Gasteiger partial charge in [0, 0.05) is 19.8 Å². The Balaban J connectivity index is 2.19. The standard InChI is InChI=1S/C16H31N3O/c1-4-9-18-16(2,14-17)8-5-10-19(3)13-15-6-11-20-12-7-15/h15,18H,4-13H2,1-3H3. The van der Waals surface area contributed by atoms with Crippen LogP contribution in [-0.4, -0.2) is 50.3 Å². The van der Waals surface area contributed by atoms with E-state index in [9.17, 15) is 5.26 Å². The van der Waals surface area contributed by atoms with E-state index in [0.29, 0.717) is 0 Å². The Labute approximate surface area is 124 Å². The van der Waals surface area contributed by atoms with Crippen molar-refractivity contribution in [3.8, 4) is 6.07 Å². The third kappa shape index (κ3) is 6.69. The van der Waals surface area contributed by atoms with E-state index in [-0.39, 0.29) is 5.54 Å². The van der Waals surface area contributed by atoms with E-state index in [0.717, 1.165) is 58.0 Å². The van der Waals surface area contributed by atoms with E-state index in [1.807, 2.05) is 6.92 Å². The van der Waals surface area contributed by atoms with E-state index in [1.54, 1.807) is 0 Å². The van der Waals surface area contributed by atoms with Gasteiger partial charge in [0.05, 0.1) is 6.07 Å². The van der Waals surface area contributed by atoms with Crippen LogP contribution < -0.4 is 5.32 Å². The molecule has 1 N–H and O–H groups in total. The molecule has 116 valence electrons. The van der Waals surface area contributed by atoms with E-state index in [1.165, 1.54) is 12.8 Å². The van der Waals surface area contributed by atoms with Crippen LogP contribution in [0.1, 0.15) is 46.0 Å². The summed E-state index contributed by atoms with van der Waals surface area (Å²) in [5, 5.41) is 12.7. The molecule has 0 radical (unpaired) electrons. The predicted octanol–water partition coefficient (Wildman–Crippen LogP) is 2.41. The van der Waals surface area contributed by atoms with Crippen LogP contribution in [0.15, 0.2) is 0 Å². The minimum atomic E-state index is -0.366. The normalized spacial score (nSPS) is 19.8. The van der Waals surface area contributed by atoms with Crippen molar-refractivity contribution < 1.29 is 4.74 Å². The van der Waals surface area contributed by atoms with Gasteiger partial charge >= 0.3 is 0 Å². The first-order valence-electron chi connectivity index (χ1n) is 8.02. The third-order valence-corrected chi connectivity index (χ3v) is 4.14. The molecule has 0 amide bonds. The van der Waals surface area contributed by atoms with Crippen molar-refractivity contribution >= 4 is 0 Å². The van der Waals surface area contributed by atoms with E-state index < -0.39 is 0 Å². The fourth-order valence-electron chi connectivity index (χ4n) is 2.75. The molecule has 1 aliphatic rings. The SMILES string of the molecule is CCCNC(C)(C#N)CCCN(C)CC1CCOCC1. The summed E-state index contributed by atoms with van der Waals surface area (Å²) in [6.45, 7) is 9.14. The molecule has 0 saturated carbocycles. The first-order chi connectivity index (χ1) is 9.59. The second kappa shape index (κ2) is 9.33. The molecule has 20 heavy (non-hydrogen) atoms. The number of nitrogens with zero attached hydrogens (tertiary/aromatic N) is 2. The average molecular weight is 281 g/mol. The van der Waals surface area contributed by atoms with Crippen molar-refractivity contribution in [1.29, 1.82) is 5.26 Å². The molecule has 0 aromatic heterocycles. The lowest BCUT2D eigenvalue weighted by molar-refractivity contribution is 0.0554.